The van der Waals surface area contributed by atoms with Crippen molar-refractivity contribution in [3.63, 3.8) is 0 Å². The Kier molecular flexibility index (Phi) is 3.47. The van der Waals surface area contributed by atoms with Gasteiger partial charge < -0.3 is 0 Å². The first-order chi connectivity index (χ1) is 7.77. The van der Waals surface area contributed by atoms with Crippen molar-refractivity contribution < 1.29 is 0 Å². The van der Waals surface area contributed by atoms with E-state index in [4.69, 9.17) is 15.7 Å². The Bertz CT molecular complexity index is 259. The Balaban J connectivity index is 1.99. The molecular formula is C15H26B2. The molecular weight excluding hydrogens is 202 g/mol. The minimum atomic E-state index is -0.507. The summed E-state index contributed by atoms with van der Waals surface area (Å²) in [5, 5.41) is -0.507. The lowest BCUT2D eigenvalue weighted by Crippen LogP contribution is -2.40. The van der Waals surface area contributed by atoms with Crippen LogP contribution in [-0.2, 0) is 0 Å². The van der Waals surface area contributed by atoms with Gasteiger partial charge in [0.1, 0.15) is 0 Å². The molecule has 0 heterocycles. The molecule has 0 unspecified atom stereocenters. The summed E-state index contributed by atoms with van der Waals surface area (Å²) in [5.41, 5.74) is 0.683. The van der Waals surface area contributed by atoms with Gasteiger partial charge >= 0.3 is 0 Å². The topological polar surface area (TPSA) is 0 Å². The quantitative estimate of drug-likeness (QED) is 0.589. The molecule has 0 aromatic heterocycles. The van der Waals surface area contributed by atoms with E-state index >= 15 is 0 Å². The number of hydrogen-bond donors (Lipinski definition) is 0. The molecule has 17 heavy (non-hydrogen) atoms. The fraction of sp³-hybridized carbons (Fsp3) is 1.00. The second-order valence-electron chi connectivity index (χ2n) is 7.66. The summed E-state index contributed by atoms with van der Waals surface area (Å²) in [6.07, 6.45) is 11.0. The molecule has 2 aliphatic rings. The molecule has 2 aliphatic carbocycles. The molecule has 0 nitrogen and oxygen atoms in total. The normalized spacial score (nSPS) is 26.5. The standard InChI is InChI=1S/C15H26B2/c1-13(2,3)15(16,17)12-6-10-14(11-7-12)8-4-5-9-14/h12H,4-11H2,1-3H3. The third-order valence-electron chi connectivity index (χ3n) is 5.69. The molecule has 0 bridgehead atoms. The predicted molar refractivity (Wildman–Crippen MR) is 76.5 cm³/mol. The highest BCUT2D eigenvalue weighted by molar-refractivity contribution is 6.40. The van der Waals surface area contributed by atoms with Gasteiger partial charge in [0, 0.05) is 0 Å². The van der Waals surface area contributed by atoms with Gasteiger partial charge in [-0.25, -0.2) is 0 Å². The summed E-state index contributed by atoms with van der Waals surface area (Å²) in [7, 11) is 12.9. The van der Waals surface area contributed by atoms with Crippen molar-refractivity contribution in [1.29, 1.82) is 0 Å². The molecule has 2 rings (SSSR count). The van der Waals surface area contributed by atoms with E-state index < -0.39 is 5.21 Å². The maximum atomic E-state index is 6.43. The van der Waals surface area contributed by atoms with Crippen LogP contribution >= 0.6 is 0 Å². The van der Waals surface area contributed by atoms with E-state index in [2.05, 4.69) is 20.8 Å². The summed E-state index contributed by atoms with van der Waals surface area (Å²) in [4.78, 5) is 0. The SMILES string of the molecule is [B]C([B])(C1CCC2(CCCC2)CC1)C(C)(C)C. The van der Waals surface area contributed by atoms with Gasteiger partial charge in [-0.1, -0.05) is 57.6 Å². The summed E-state index contributed by atoms with van der Waals surface area (Å²) in [5.74, 6) is 0.508. The number of rotatable bonds is 1. The third kappa shape index (κ3) is 2.47. The molecule has 0 amide bonds. The first-order valence-electron chi connectivity index (χ1n) is 7.35. The summed E-state index contributed by atoms with van der Waals surface area (Å²) in [6, 6.07) is 0. The van der Waals surface area contributed by atoms with Gasteiger partial charge in [0.05, 0.1) is 15.7 Å². The van der Waals surface area contributed by atoms with Gasteiger partial charge in [-0.15, -0.1) is 0 Å². The van der Waals surface area contributed by atoms with Crippen LogP contribution < -0.4 is 0 Å². The van der Waals surface area contributed by atoms with Crippen molar-refractivity contribution in [2.45, 2.75) is 77.4 Å². The molecule has 1 spiro atoms. The third-order valence-corrected chi connectivity index (χ3v) is 5.69. The lowest BCUT2D eigenvalue weighted by Gasteiger charge is -2.51. The highest BCUT2D eigenvalue weighted by atomic mass is 14.5. The van der Waals surface area contributed by atoms with Gasteiger partial charge in [0.25, 0.3) is 0 Å². The molecule has 0 N–H and O–H groups in total. The van der Waals surface area contributed by atoms with Crippen LogP contribution in [0.15, 0.2) is 0 Å². The van der Waals surface area contributed by atoms with Gasteiger partial charge in [-0.3, -0.25) is 0 Å². The van der Waals surface area contributed by atoms with Gasteiger partial charge in [-0.2, -0.15) is 0 Å². The zero-order chi connectivity index (χ0) is 12.7. The summed E-state index contributed by atoms with van der Waals surface area (Å²) >= 11 is 0. The Morgan fingerprint density at radius 1 is 0.882 bits per heavy atom. The average molecular weight is 228 g/mol. The summed E-state index contributed by atoms with van der Waals surface area (Å²) < 4.78 is 0. The van der Waals surface area contributed by atoms with Crippen LogP contribution in [0.2, 0.25) is 5.21 Å². The largest absolute Gasteiger partial charge is 0.0916 e. The predicted octanol–water partition coefficient (Wildman–Crippen LogP) is 4.24. The van der Waals surface area contributed by atoms with E-state index in [1.807, 2.05) is 0 Å². The molecule has 92 valence electrons. The fourth-order valence-corrected chi connectivity index (χ4v) is 3.95. The first-order valence-corrected chi connectivity index (χ1v) is 7.35. The maximum Gasteiger partial charge on any atom is 0.0631 e. The Morgan fingerprint density at radius 2 is 1.35 bits per heavy atom. The smallest absolute Gasteiger partial charge is 0.0631 e. The molecule has 2 fully saturated rings. The Labute approximate surface area is 110 Å². The van der Waals surface area contributed by atoms with E-state index in [-0.39, 0.29) is 5.41 Å². The van der Waals surface area contributed by atoms with E-state index in [0.29, 0.717) is 11.3 Å². The monoisotopic (exact) mass is 228 g/mol. The van der Waals surface area contributed by atoms with E-state index in [9.17, 15) is 0 Å². The van der Waals surface area contributed by atoms with Crippen LogP contribution in [-0.4, -0.2) is 15.7 Å². The molecule has 0 aliphatic heterocycles. The molecule has 0 aromatic carbocycles. The molecule has 0 aromatic rings. The van der Waals surface area contributed by atoms with Gasteiger partial charge in [0.2, 0.25) is 0 Å². The summed E-state index contributed by atoms with van der Waals surface area (Å²) in [6.45, 7) is 6.52. The highest BCUT2D eigenvalue weighted by Gasteiger charge is 2.44. The van der Waals surface area contributed by atoms with Crippen LogP contribution in [0.25, 0.3) is 0 Å². The molecule has 2 heteroatoms. The van der Waals surface area contributed by atoms with Crippen LogP contribution in [0, 0.1) is 16.7 Å². The van der Waals surface area contributed by atoms with Crippen LogP contribution in [0.5, 0.6) is 0 Å². The van der Waals surface area contributed by atoms with Crippen molar-refractivity contribution in [1.82, 2.24) is 0 Å². The minimum absolute atomic E-state index is 0.00214. The molecule has 4 radical (unpaired) electrons. The van der Waals surface area contributed by atoms with E-state index in [0.717, 1.165) is 0 Å². The average Bonchev–Trinajstić information content (AvgIpc) is 2.65. The molecule has 2 saturated carbocycles. The number of hydrogen-bond acceptors (Lipinski definition) is 0. The Morgan fingerprint density at radius 3 is 1.76 bits per heavy atom. The van der Waals surface area contributed by atoms with E-state index in [1.165, 1.54) is 51.4 Å². The minimum Gasteiger partial charge on any atom is -0.0916 e. The van der Waals surface area contributed by atoms with Crippen molar-refractivity contribution in [2.24, 2.45) is 16.7 Å². The zero-order valence-electron chi connectivity index (χ0n) is 11.9. The Hall–Kier alpha value is 0.130. The van der Waals surface area contributed by atoms with Crippen LogP contribution in [0.1, 0.15) is 72.1 Å². The van der Waals surface area contributed by atoms with Gasteiger partial charge in [-0.05, 0) is 36.5 Å². The second kappa shape index (κ2) is 4.35. The second-order valence-corrected chi connectivity index (χ2v) is 7.66. The lowest BCUT2D eigenvalue weighted by molar-refractivity contribution is 0.116. The van der Waals surface area contributed by atoms with Crippen molar-refractivity contribution in [2.75, 3.05) is 0 Å². The molecule has 0 atom stereocenters. The first kappa shape index (κ1) is 13.6. The maximum absolute atomic E-state index is 6.43. The lowest BCUT2D eigenvalue weighted by atomic mass is 9.36. The van der Waals surface area contributed by atoms with Crippen LogP contribution in [0.4, 0.5) is 0 Å². The van der Waals surface area contributed by atoms with Crippen molar-refractivity contribution in [3.8, 4) is 0 Å². The van der Waals surface area contributed by atoms with Gasteiger partial charge in [0.15, 0.2) is 0 Å². The highest BCUT2D eigenvalue weighted by Crippen LogP contribution is 2.57. The fourth-order valence-electron chi connectivity index (χ4n) is 3.95. The van der Waals surface area contributed by atoms with Crippen LogP contribution in [0.3, 0.4) is 0 Å². The van der Waals surface area contributed by atoms with E-state index in [1.54, 1.807) is 0 Å². The van der Waals surface area contributed by atoms with Crippen molar-refractivity contribution >= 4 is 15.7 Å². The van der Waals surface area contributed by atoms with Crippen molar-refractivity contribution in [3.05, 3.63) is 0 Å². The molecule has 0 saturated heterocycles. The zero-order valence-corrected chi connectivity index (χ0v) is 11.9.